The summed E-state index contributed by atoms with van der Waals surface area (Å²) in [6.45, 7) is 4.23. The van der Waals surface area contributed by atoms with Gasteiger partial charge >= 0.3 is 0 Å². The van der Waals surface area contributed by atoms with Crippen LogP contribution in [-0.4, -0.2) is 30.0 Å². The molecule has 0 spiro atoms. The summed E-state index contributed by atoms with van der Waals surface area (Å²) in [5, 5.41) is 3.43. The average Bonchev–Trinajstić information content (AvgIpc) is 3.03. The third kappa shape index (κ3) is 2.64. The molecule has 114 valence electrons. The van der Waals surface area contributed by atoms with Crippen molar-refractivity contribution in [1.82, 2.24) is 10.2 Å². The summed E-state index contributed by atoms with van der Waals surface area (Å²) in [7, 11) is 1.67. The smallest absolute Gasteiger partial charge is 0.241 e. The second kappa shape index (κ2) is 5.68. The number of rotatable bonds is 3. The van der Waals surface area contributed by atoms with Gasteiger partial charge in [-0.15, -0.1) is 0 Å². The topological polar surface area (TPSA) is 41.6 Å². The fraction of sp³-hybridized carbons (Fsp3) is 0.588. The van der Waals surface area contributed by atoms with Crippen LogP contribution in [0.15, 0.2) is 24.3 Å². The van der Waals surface area contributed by atoms with E-state index in [2.05, 4.69) is 23.2 Å². The molecule has 1 aliphatic carbocycles. The maximum atomic E-state index is 12.6. The first kappa shape index (κ1) is 14.4. The molecule has 2 aliphatic rings. The van der Waals surface area contributed by atoms with Crippen molar-refractivity contribution in [2.24, 2.45) is 5.92 Å². The fourth-order valence-corrected chi connectivity index (χ4v) is 3.63. The zero-order valence-corrected chi connectivity index (χ0v) is 13.0. The molecule has 4 unspecified atom stereocenters. The van der Waals surface area contributed by atoms with Crippen LogP contribution in [0.25, 0.3) is 0 Å². The summed E-state index contributed by atoms with van der Waals surface area (Å²) in [4.78, 5) is 14.6. The van der Waals surface area contributed by atoms with Crippen molar-refractivity contribution in [2.45, 2.75) is 51.4 Å². The van der Waals surface area contributed by atoms with Gasteiger partial charge in [-0.25, -0.2) is 0 Å². The second-order valence-corrected chi connectivity index (χ2v) is 6.39. The number of hydrogen-bond acceptors (Lipinski definition) is 3. The van der Waals surface area contributed by atoms with Gasteiger partial charge in [0.05, 0.1) is 13.2 Å². The molecule has 4 atom stereocenters. The van der Waals surface area contributed by atoms with Crippen molar-refractivity contribution in [1.29, 1.82) is 0 Å². The number of methoxy groups -OCH3 is 1. The van der Waals surface area contributed by atoms with Crippen molar-refractivity contribution in [3.63, 3.8) is 0 Å². The highest BCUT2D eigenvalue weighted by Crippen LogP contribution is 2.37. The van der Waals surface area contributed by atoms with E-state index >= 15 is 0 Å². The maximum Gasteiger partial charge on any atom is 0.241 e. The number of nitrogens with one attached hydrogen (secondary N) is 1. The van der Waals surface area contributed by atoms with Gasteiger partial charge in [-0.2, -0.15) is 0 Å². The van der Waals surface area contributed by atoms with Crippen LogP contribution >= 0.6 is 0 Å². The molecule has 4 nitrogen and oxygen atoms in total. The molecular weight excluding hydrogens is 264 g/mol. The van der Waals surface area contributed by atoms with Crippen LogP contribution in [0.4, 0.5) is 0 Å². The molecular formula is C17H24N2O2. The van der Waals surface area contributed by atoms with E-state index in [1.165, 1.54) is 6.42 Å². The Morgan fingerprint density at radius 3 is 2.76 bits per heavy atom. The van der Waals surface area contributed by atoms with Gasteiger partial charge in [-0.3, -0.25) is 10.1 Å². The van der Waals surface area contributed by atoms with Crippen LogP contribution < -0.4 is 10.1 Å². The van der Waals surface area contributed by atoms with Crippen LogP contribution in [0.5, 0.6) is 5.75 Å². The standard InChI is InChI=1S/C17H24N2O2/c1-11-7-8-14(9-11)19-16(18-12(2)17(19)20)13-5-4-6-15(10-13)21-3/h4-6,10-12,14,16,18H,7-9H2,1-3H3. The van der Waals surface area contributed by atoms with E-state index in [1.54, 1.807) is 7.11 Å². The summed E-state index contributed by atoms with van der Waals surface area (Å²) < 4.78 is 5.31. The Morgan fingerprint density at radius 2 is 2.10 bits per heavy atom. The average molecular weight is 288 g/mol. The zero-order chi connectivity index (χ0) is 15.0. The molecule has 1 amide bonds. The molecule has 1 heterocycles. The van der Waals surface area contributed by atoms with Gasteiger partial charge in [0.1, 0.15) is 11.9 Å². The van der Waals surface area contributed by atoms with Crippen molar-refractivity contribution < 1.29 is 9.53 Å². The van der Waals surface area contributed by atoms with Gasteiger partial charge in [0.15, 0.2) is 0 Å². The Bertz CT molecular complexity index is 531. The quantitative estimate of drug-likeness (QED) is 0.930. The van der Waals surface area contributed by atoms with E-state index in [9.17, 15) is 4.79 Å². The molecule has 0 radical (unpaired) electrons. The number of carbonyl (C=O) groups excluding carboxylic acids is 1. The Balaban J connectivity index is 1.89. The largest absolute Gasteiger partial charge is 0.497 e. The summed E-state index contributed by atoms with van der Waals surface area (Å²) in [6.07, 6.45) is 3.41. The predicted octanol–water partition coefficient (Wildman–Crippen LogP) is 2.70. The first-order chi connectivity index (χ1) is 10.1. The molecule has 4 heteroatoms. The second-order valence-electron chi connectivity index (χ2n) is 6.39. The molecule has 1 aliphatic heterocycles. The minimum atomic E-state index is -0.114. The van der Waals surface area contributed by atoms with Crippen LogP contribution in [0.3, 0.4) is 0 Å². The summed E-state index contributed by atoms with van der Waals surface area (Å²) in [5.74, 6) is 1.77. The van der Waals surface area contributed by atoms with Crippen LogP contribution in [0.1, 0.15) is 44.8 Å². The maximum absolute atomic E-state index is 12.6. The summed E-state index contributed by atoms with van der Waals surface area (Å²) >= 11 is 0. The monoisotopic (exact) mass is 288 g/mol. The van der Waals surface area contributed by atoms with Crippen LogP contribution in [-0.2, 0) is 4.79 Å². The van der Waals surface area contributed by atoms with E-state index in [4.69, 9.17) is 4.74 Å². The van der Waals surface area contributed by atoms with Gasteiger partial charge in [0.2, 0.25) is 5.91 Å². The highest BCUT2D eigenvalue weighted by Gasteiger charge is 2.42. The molecule has 0 bridgehead atoms. The van der Waals surface area contributed by atoms with Crippen molar-refractivity contribution in [3.05, 3.63) is 29.8 Å². The molecule has 1 aromatic rings. The van der Waals surface area contributed by atoms with Crippen molar-refractivity contribution >= 4 is 5.91 Å². The molecule has 21 heavy (non-hydrogen) atoms. The summed E-state index contributed by atoms with van der Waals surface area (Å²) in [5.41, 5.74) is 1.10. The van der Waals surface area contributed by atoms with Gasteiger partial charge < -0.3 is 9.64 Å². The Labute approximate surface area is 126 Å². The van der Waals surface area contributed by atoms with Gasteiger partial charge in [0.25, 0.3) is 0 Å². The lowest BCUT2D eigenvalue weighted by molar-refractivity contribution is -0.132. The Morgan fingerprint density at radius 1 is 1.29 bits per heavy atom. The van der Waals surface area contributed by atoms with E-state index < -0.39 is 0 Å². The number of nitrogens with zero attached hydrogens (tertiary/aromatic N) is 1. The number of carbonyl (C=O) groups is 1. The fourth-order valence-electron chi connectivity index (χ4n) is 3.63. The first-order valence-electron chi connectivity index (χ1n) is 7.82. The number of hydrogen-bond donors (Lipinski definition) is 1. The third-order valence-electron chi connectivity index (χ3n) is 4.78. The van der Waals surface area contributed by atoms with Crippen molar-refractivity contribution in [2.75, 3.05) is 7.11 Å². The number of benzene rings is 1. The first-order valence-corrected chi connectivity index (χ1v) is 7.82. The van der Waals surface area contributed by atoms with Gasteiger partial charge in [0, 0.05) is 6.04 Å². The molecule has 1 N–H and O–H groups in total. The van der Waals surface area contributed by atoms with Crippen LogP contribution in [0.2, 0.25) is 0 Å². The molecule has 3 rings (SSSR count). The lowest BCUT2D eigenvalue weighted by Gasteiger charge is -2.30. The van der Waals surface area contributed by atoms with Crippen LogP contribution in [0, 0.1) is 5.92 Å². The number of amides is 1. The van der Waals surface area contributed by atoms with Gasteiger partial charge in [-0.1, -0.05) is 19.1 Å². The molecule has 2 fully saturated rings. The SMILES string of the molecule is COc1cccc(C2NC(C)C(=O)N2C2CCC(C)C2)c1. The molecule has 0 aromatic heterocycles. The third-order valence-corrected chi connectivity index (χ3v) is 4.78. The minimum Gasteiger partial charge on any atom is -0.497 e. The zero-order valence-electron chi connectivity index (χ0n) is 13.0. The molecule has 1 saturated carbocycles. The van der Waals surface area contributed by atoms with E-state index in [1.807, 2.05) is 25.1 Å². The normalized spacial score (nSPS) is 32.7. The summed E-state index contributed by atoms with van der Waals surface area (Å²) in [6, 6.07) is 8.26. The lowest BCUT2D eigenvalue weighted by Crippen LogP contribution is -2.38. The van der Waals surface area contributed by atoms with E-state index in [0.29, 0.717) is 12.0 Å². The van der Waals surface area contributed by atoms with Gasteiger partial charge in [-0.05, 0) is 49.8 Å². The Hall–Kier alpha value is -1.55. The number of ether oxygens (including phenoxy) is 1. The van der Waals surface area contributed by atoms with Crippen molar-refractivity contribution in [3.8, 4) is 5.75 Å². The highest BCUT2D eigenvalue weighted by atomic mass is 16.5. The van der Waals surface area contributed by atoms with E-state index in [0.717, 1.165) is 24.2 Å². The minimum absolute atomic E-state index is 0.0297. The Kier molecular flexibility index (Phi) is 3.89. The lowest BCUT2D eigenvalue weighted by atomic mass is 10.1. The predicted molar refractivity (Wildman–Crippen MR) is 82.0 cm³/mol. The van der Waals surface area contributed by atoms with E-state index in [-0.39, 0.29) is 18.1 Å². The highest BCUT2D eigenvalue weighted by molar-refractivity contribution is 5.84. The molecule has 1 saturated heterocycles. The molecule has 1 aromatic carbocycles.